The van der Waals surface area contributed by atoms with E-state index in [0.29, 0.717) is 0 Å². The summed E-state index contributed by atoms with van der Waals surface area (Å²) in [5.41, 5.74) is -0.886. The second-order valence-corrected chi connectivity index (χ2v) is 3.88. The summed E-state index contributed by atoms with van der Waals surface area (Å²) in [6.07, 6.45) is 0. The zero-order chi connectivity index (χ0) is 23.1. The first-order chi connectivity index (χ1) is 14.4. The largest absolute Gasteiger partial charge is 0.355 e. The van der Waals surface area contributed by atoms with E-state index in [9.17, 15) is 0 Å². The number of aromatic nitrogens is 1. The molecule has 90 valence electrons. The van der Waals surface area contributed by atoms with Gasteiger partial charge in [-0.3, -0.25) is 0 Å². The van der Waals surface area contributed by atoms with E-state index >= 15 is 0 Å². The molecule has 0 bridgehead atoms. The van der Waals surface area contributed by atoms with E-state index in [2.05, 4.69) is 4.98 Å². The molecule has 0 saturated carbocycles. The summed E-state index contributed by atoms with van der Waals surface area (Å²) in [6, 6.07) is -6.56. The summed E-state index contributed by atoms with van der Waals surface area (Å²) < 4.78 is 97.4. The third-order valence-electron chi connectivity index (χ3n) is 2.75. The van der Waals surface area contributed by atoms with Crippen molar-refractivity contribution >= 4 is 21.8 Å². The number of H-pyrrole nitrogens is 1. The molecule has 1 heteroatoms. The minimum Gasteiger partial charge on any atom is -0.355 e. The molecule has 3 aromatic carbocycles. The van der Waals surface area contributed by atoms with Gasteiger partial charge in [0.15, 0.2) is 0 Å². The Labute approximate surface area is 128 Å². The van der Waals surface area contributed by atoms with Crippen molar-refractivity contribution < 1.29 is 16.4 Å². The molecule has 0 aliphatic carbocycles. The van der Waals surface area contributed by atoms with Gasteiger partial charge in [-0.05, 0) is 29.3 Å². The lowest BCUT2D eigenvalue weighted by molar-refractivity contribution is 1.54. The quantitative estimate of drug-likeness (QED) is 0.493. The summed E-state index contributed by atoms with van der Waals surface area (Å²) in [7, 11) is 0. The molecule has 0 aliphatic rings. The topological polar surface area (TPSA) is 15.8 Å². The van der Waals surface area contributed by atoms with Crippen LogP contribution in [0.1, 0.15) is 16.4 Å². The van der Waals surface area contributed by atoms with Gasteiger partial charge in [0.25, 0.3) is 0 Å². The fourth-order valence-corrected chi connectivity index (χ4v) is 1.91. The number of benzene rings is 3. The Bertz CT molecular complexity index is 1420. The van der Waals surface area contributed by atoms with E-state index in [1.165, 1.54) is 0 Å². The van der Waals surface area contributed by atoms with Crippen LogP contribution in [0.25, 0.3) is 32.9 Å². The van der Waals surface area contributed by atoms with Crippen LogP contribution >= 0.6 is 0 Å². The van der Waals surface area contributed by atoms with E-state index in [-0.39, 0.29) is 27.4 Å². The smallest absolute Gasteiger partial charge is 0.0645 e. The minimum atomic E-state index is -0.651. The molecule has 1 heterocycles. The summed E-state index contributed by atoms with van der Waals surface area (Å²) in [4.78, 5) is 2.71. The molecule has 19 heavy (non-hydrogen) atoms. The van der Waals surface area contributed by atoms with Crippen LogP contribution < -0.4 is 0 Å². The van der Waals surface area contributed by atoms with E-state index in [4.69, 9.17) is 16.4 Å². The van der Waals surface area contributed by atoms with E-state index in [1.807, 2.05) is 0 Å². The van der Waals surface area contributed by atoms with Crippen LogP contribution in [-0.2, 0) is 0 Å². The van der Waals surface area contributed by atoms with E-state index in [1.54, 1.807) is 0 Å². The Hall–Kier alpha value is -2.54. The zero-order valence-corrected chi connectivity index (χ0v) is 9.50. The van der Waals surface area contributed by atoms with Crippen LogP contribution in [0.15, 0.2) is 72.5 Å². The first-order valence-electron chi connectivity index (χ1n) is 11.5. The number of hydrogen-bond donors (Lipinski definition) is 1. The average molecular weight is 255 g/mol. The van der Waals surface area contributed by atoms with Crippen molar-refractivity contribution in [1.82, 2.24) is 4.98 Å². The van der Waals surface area contributed by atoms with Crippen molar-refractivity contribution in [2.24, 2.45) is 0 Å². The molecule has 0 amide bonds. The van der Waals surface area contributed by atoms with Crippen molar-refractivity contribution in [3.8, 4) is 11.1 Å². The van der Waals surface area contributed by atoms with Gasteiger partial charge in [0.2, 0.25) is 0 Å². The fourth-order valence-electron chi connectivity index (χ4n) is 1.91. The molecule has 0 spiro atoms. The summed E-state index contributed by atoms with van der Waals surface area (Å²) >= 11 is 0. The molecule has 4 rings (SSSR count). The normalized spacial score (nSPS) is 20.0. The van der Waals surface area contributed by atoms with Crippen LogP contribution in [0.4, 0.5) is 0 Å². The lowest BCUT2D eigenvalue weighted by Gasteiger charge is -2.01. The minimum absolute atomic E-state index is 0.0411. The summed E-state index contributed by atoms with van der Waals surface area (Å²) in [5.74, 6) is 0. The lowest BCUT2D eigenvalue weighted by atomic mass is 10.0. The van der Waals surface area contributed by atoms with Gasteiger partial charge in [-0.1, -0.05) is 54.4 Å². The predicted octanol–water partition coefficient (Wildman–Crippen LogP) is 4.99. The second kappa shape index (κ2) is 3.99. The van der Waals surface area contributed by atoms with Gasteiger partial charge < -0.3 is 4.98 Å². The van der Waals surface area contributed by atoms with Crippen LogP contribution in [0.3, 0.4) is 0 Å². The second-order valence-electron chi connectivity index (χ2n) is 3.88. The Morgan fingerprint density at radius 2 is 1.37 bits per heavy atom. The van der Waals surface area contributed by atoms with Crippen molar-refractivity contribution in [3.05, 3.63) is 72.5 Å². The van der Waals surface area contributed by atoms with Gasteiger partial charge in [-0.15, -0.1) is 0 Å². The van der Waals surface area contributed by atoms with Gasteiger partial charge >= 0.3 is 0 Å². The first kappa shape index (κ1) is 3.97. The molecule has 4 aromatic rings. The number of nitrogens with one attached hydrogen (secondary N) is 1. The maximum atomic E-state index is 8.68. The Morgan fingerprint density at radius 1 is 0.632 bits per heavy atom. The van der Waals surface area contributed by atoms with Crippen LogP contribution in [0.2, 0.25) is 0 Å². The van der Waals surface area contributed by atoms with Gasteiger partial charge in [0.1, 0.15) is 0 Å². The number of rotatable bonds is 1. The standard InChI is InChI=1S/C18H13N/c1-2-6-13(7-3-1)14-10-11-18-16(12-14)15-8-4-5-9-17(15)19-18/h1-12,19H/i1D,2D,3D,4D,5D,6D,7D,8D,9D,10D,11D,12D. The molecule has 1 aromatic heterocycles. The van der Waals surface area contributed by atoms with Crippen molar-refractivity contribution in [3.63, 3.8) is 0 Å². The Kier molecular flexibility index (Phi) is 0.835. The lowest BCUT2D eigenvalue weighted by Crippen LogP contribution is -1.76. The Balaban J connectivity index is 2.30. The van der Waals surface area contributed by atoms with E-state index in [0.717, 1.165) is 0 Å². The van der Waals surface area contributed by atoms with Crippen LogP contribution in [-0.4, -0.2) is 4.98 Å². The molecule has 0 aliphatic heterocycles. The number of aromatic amines is 1. The fraction of sp³-hybridized carbons (Fsp3) is 0. The molecule has 0 saturated heterocycles. The van der Waals surface area contributed by atoms with Gasteiger partial charge in [-0.2, -0.15) is 0 Å². The number of fused-ring (bicyclic) bond motifs is 3. The highest BCUT2D eigenvalue weighted by Gasteiger charge is 2.05. The van der Waals surface area contributed by atoms with E-state index < -0.39 is 78.1 Å². The number of para-hydroxylation sites is 1. The third-order valence-corrected chi connectivity index (χ3v) is 2.75. The van der Waals surface area contributed by atoms with Crippen molar-refractivity contribution in [2.45, 2.75) is 0 Å². The zero-order valence-electron chi connectivity index (χ0n) is 21.5. The first-order valence-corrected chi connectivity index (χ1v) is 5.50. The average Bonchev–Trinajstić information content (AvgIpc) is 3.15. The van der Waals surface area contributed by atoms with Gasteiger partial charge in [0, 0.05) is 21.8 Å². The monoisotopic (exact) mass is 255 g/mol. The molecular weight excluding hydrogens is 230 g/mol. The van der Waals surface area contributed by atoms with Crippen LogP contribution in [0, 0.1) is 0 Å². The highest BCUT2D eigenvalue weighted by molar-refractivity contribution is 6.08. The maximum Gasteiger partial charge on any atom is 0.0645 e. The molecule has 0 unspecified atom stereocenters. The Morgan fingerprint density at radius 3 is 2.26 bits per heavy atom. The summed E-state index contributed by atoms with van der Waals surface area (Å²) in [6.45, 7) is 0. The SMILES string of the molecule is [2H]c1c([2H])c([2H])c(-c2c([2H])c([2H])c3[nH]c4c([2H])c([2H])c([2H])c([2H])c4c3c2[2H])c([2H])c1[2H]. The maximum absolute atomic E-state index is 8.68. The van der Waals surface area contributed by atoms with Crippen LogP contribution in [0.5, 0.6) is 0 Å². The molecular formula is C18H13N. The molecule has 0 radical (unpaired) electrons. The summed E-state index contributed by atoms with van der Waals surface area (Å²) in [5, 5.41) is -0.141. The van der Waals surface area contributed by atoms with Crippen molar-refractivity contribution in [2.75, 3.05) is 0 Å². The molecule has 1 nitrogen and oxygen atoms in total. The highest BCUT2D eigenvalue weighted by Crippen LogP contribution is 2.29. The number of hydrogen-bond acceptors (Lipinski definition) is 0. The van der Waals surface area contributed by atoms with Gasteiger partial charge in [-0.25, -0.2) is 0 Å². The highest BCUT2D eigenvalue weighted by atomic mass is 14.7. The molecule has 1 N–H and O–H groups in total. The third kappa shape index (κ3) is 1.63. The predicted molar refractivity (Wildman–Crippen MR) is 81.2 cm³/mol. The molecule has 0 fully saturated rings. The molecule has 0 atom stereocenters. The van der Waals surface area contributed by atoms with Crippen molar-refractivity contribution in [1.29, 1.82) is 0 Å². The van der Waals surface area contributed by atoms with Gasteiger partial charge in [0.05, 0.1) is 16.4 Å².